The van der Waals surface area contributed by atoms with Gasteiger partial charge in [-0.3, -0.25) is 28.7 Å². The van der Waals surface area contributed by atoms with Gasteiger partial charge in [0.05, 0.1) is 10.9 Å². The Morgan fingerprint density at radius 2 is 1.86 bits per heavy atom. The molecule has 3 aromatic rings. The fourth-order valence-electron chi connectivity index (χ4n) is 4.27. The first kappa shape index (κ1) is 22.9. The minimum atomic E-state index is -1.17. The predicted octanol–water partition coefficient (Wildman–Crippen LogP) is 1.75. The number of thioether (sulfide) groups is 1. The number of hydrogen-bond donors (Lipinski definition) is 2. The Balaban J connectivity index is 1.55. The number of likely N-dealkylation sites (tertiary alicyclic amines) is 1. The molecule has 2 aliphatic heterocycles. The van der Waals surface area contributed by atoms with Crippen molar-refractivity contribution < 1.29 is 23.6 Å². The van der Waals surface area contributed by atoms with Crippen LogP contribution in [-0.4, -0.2) is 43.5 Å². The predicted molar refractivity (Wildman–Crippen MR) is 124 cm³/mol. The van der Waals surface area contributed by atoms with Crippen LogP contribution in [-0.2, 0) is 20.9 Å². The molecular weight excluding hydrogens is 497 g/mol. The molecule has 0 radical (unpaired) electrons. The van der Waals surface area contributed by atoms with Gasteiger partial charge >= 0.3 is 10.9 Å². The molecule has 5 amide bonds. The van der Waals surface area contributed by atoms with E-state index in [2.05, 4.69) is 10.3 Å². The van der Waals surface area contributed by atoms with Crippen molar-refractivity contribution in [2.24, 2.45) is 11.7 Å². The lowest BCUT2D eigenvalue weighted by Gasteiger charge is -2.30. The van der Waals surface area contributed by atoms with E-state index in [1.165, 1.54) is 35.0 Å². The fourth-order valence-corrected chi connectivity index (χ4v) is 7.04. The Hall–Kier alpha value is -3.84. The number of thiazole rings is 1. The first-order valence-corrected chi connectivity index (χ1v) is 12.0. The van der Waals surface area contributed by atoms with Crippen LogP contribution in [0.5, 0.6) is 0 Å². The number of hydrogen-bond acceptors (Lipinski definition) is 8. The Bertz CT molecular complexity index is 1420. The number of nitrogens with one attached hydrogen (secondary N) is 1. The summed E-state index contributed by atoms with van der Waals surface area (Å²) in [6, 6.07) is 7.37. The van der Waals surface area contributed by atoms with Gasteiger partial charge in [0.1, 0.15) is 17.6 Å². The number of primary amides is 1. The normalized spacial score (nSPS) is 20.9. The van der Waals surface area contributed by atoms with Crippen molar-refractivity contribution in [2.45, 2.75) is 22.7 Å². The van der Waals surface area contributed by atoms with Crippen molar-refractivity contribution >= 4 is 52.5 Å². The standard InChI is InChI=1S/C22H16FN5O5S2/c23-11-3-5-12(6-4-11)26-13(29)9-27-20-17(35-22(27)33)14(10-2-1-7-25-8-10)15-16(34-20)19(31)28(18(15)30)21(24)32/h1-8,14-16H,9H2,(H2,24,32)(H,26,29). The molecule has 3 N–H and O–H groups in total. The second-order valence-corrected chi connectivity index (χ2v) is 9.98. The minimum Gasteiger partial charge on any atom is -0.351 e. The molecule has 5 rings (SSSR count). The van der Waals surface area contributed by atoms with Crippen molar-refractivity contribution in [3.8, 4) is 0 Å². The third-order valence-electron chi connectivity index (χ3n) is 5.74. The number of anilines is 1. The van der Waals surface area contributed by atoms with E-state index < -0.39 is 51.5 Å². The molecule has 3 atom stereocenters. The summed E-state index contributed by atoms with van der Waals surface area (Å²) in [6.45, 7) is -0.367. The van der Waals surface area contributed by atoms with Gasteiger partial charge in [-0.05, 0) is 35.9 Å². The number of pyridine rings is 1. The van der Waals surface area contributed by atoms with Gasteiger partial charge in [-0.1, -0.05) is 29.2 Å². The maximum Gasteiger partial charge on any atom is 0.328 e. The maximum atomic E-state index is 13.1. The number of fused-ring (bicyclic) bond motifs is 2. The minimum absolute atomic E-state index is 0.350. The van der Waals surface area contributed by atoms with Gasteiger partial charge in [-0.2, -0.15) is 4.90 Å². The highest BCUT2D eigenvalue weighted by atomic mass is 32.2. The number of nitrogens with zero attached hydrogens (tertiary/aromatic N) is 3. The van der Waals surface area contributed by atoms with Crippen LogP contribution >= 0.6 is 23.1 Å². The van der Waals surface area contributed by atoms with Crippen LogP contribution in [0.1, 0.15) is 16.4 Å². The third kappa shape index (κ3) is 3.91. The second kappa shape index (κ2) is 8.74. The van der Waals surface area contributed by atoms with Crippen LogP contribution < -0.4 is 15.9 Å². The van der Waals surface area contributed by atoms with Crippen LogP contribution in [0.4, 0.5) is 14.9 Å². The van der Waals surface area contributed by atoms with E-state index in [1.54, 1.807) is 18.3 Å². The van der Waals surface area contributed by atoms with Crippen molar-refractivity contribution in [3.63, 3.8) is 0 Å². The molecule has 178 valence electrons. The molecule has 13 heteroatoms. The van der Waals surface area contributed by atoms with Crippen molar-refractivity contribution in [1.82, 2.24) is 14.5 Å². The second-order valence-electron chi connectivity index (χ2n) is 7.86. The van der Waals surface area contributed by atoms with Gasteiger partial charge in [0.25, 0.3) is 5.91 Å². The Morgan fingerprint density at radius 1 is 1.11 bits per heavy atom. The molecule has 2 aromatic heterocycles. The number of carbonyl (C=O) groups is 4. The number of nitrogens with two attached hydrogens (primary N) is 1. The summed E-state index contributed by atoms with van der Waals surface area (Å²) < 4.78 is 14.4. The average Bonchev–Trinajstić information content (AvgIpc) is 3.27. The van der Waals surface area contributed by atoms with Crippen molar-refractivity contribution in [2.75, 3.05) is 5.32 Å². The van der Waals surface area contributed by atoms with Crippen molar-refractivity contribution in [3.05, 3.63) is 74.7 Å². The van der Waals surface area contributed by atoms with Crippen LogP contribution in [0.3, 0.4) is 0 Å². The summed E-state index contributed by atoms with van der Waals surface area (Å²) in [5, 5.41) is 1.95. The summed E-state index contributed by atoms with van der Waals surface area (Å²) in [7, 11) is 0. The number of halogens is 1. The lowest BCUT2D eigenvalue weighted by atomic mass is 9.84. The molecular formula is C22H16FN5O5S2. The monoisotopic (exact) mass is 513 g/mol. The number of benzene rings is 1. The Kier molecular flexibility index (Phi) is 5.73. The molecule has 3 unspecified atom stereocenters. The average molecular weight is 514 g/mol. The molecule has 4 heterocycles. The van der Waals surface area contributed by atoms with Gasteiger partial charge in [0.2, 0.25) is 11.8 Å². The molecule has 0 aliphatic carbocycles. The zero-order valence-electron chi connectivity index (χ0n) is 17.7. The van der Waals surface area contributed by atoms with E-state index in [-0.39, 0.29) is 6.54 Å². The van der Waals surface area contributed by atoms with Gasteiger partial charge in [0, 0.05) is 28.9 Å². The first-order valence-electron chi connectivity index (χ1n) is 10.3. The van der Waals surface area contributed by atoms with E-state index in [1.807, 2.05) is 0 Å². The van der Waals surface area contributed by atoms with E-state index in [0.29, 0.717) is 26.1 Å². The molecule has 2 aliphatic rings. The molecule has 35 heavy (non-hydrogen) atoms. The van der Waals surface area contributed by atoms with E-state index in [9.17, 15) is 28.4 Å². The SMILES string of the molecule is NC(=O)N1C(=O)C2Sc3c(sc(=O)n3CC(=O)Nc3ccc(F)cc3)C(c3cccnc3)C2C1=O. The van der Waals surface area contributed by atoms with Gasteiger partial charge in [-0.15, -0.1) is 0 Å². The van der Waals surface area contributed by atoms with Gasteiger partial charge in [-0.25, -0.2) is 9.18 Å². The highest BCUT2D eigenvalue weighted by molar-refractivity contribution is 8.00. The van der Waals surface area contributed by atoms with Crippen LogP contribution in [0.15, 0.2) is 58.6 Å². The van der Waals surface area contributed by atoms with Crippen LogP contribution in [0.25, 0.3) is 0 Å². The molecule has 10 nitrogen and oxygen atoms in total. The lowest BCUT2D eigenvalue weighted by Crippen LogP contribution is -2.41. The summed E-state index contributed by atoms with van der Waals surface area (Å²) in [6.07, 6.45) is 3.08. The topological polar surface area (TPSA) is 144 Å². The number of carbonyl (C=O) groups excluding carboxylic acids is 4. The third-order valence-corrected chi connectivity index (χ3v) is 8.35. The van der Waals surface area contributed by atoms with E-state index in [0.717, 1.165) is 23.1 Å². The first-order chi connectivity index (χ1) is 16.8. The molecule has 0 saturated carbocycles. The molecule has 0 spiro atoms. The molecule has 1 aromatic carbocycles. The highest BCUT2D eigenvalue weighted by Gasteiger charge is 2.57. The Morgan fingerprint density at radius 3 is 2.51 bits per heavy atom. The highest BCUT2D eigenvalue weighted by Crippen LogP contribution is 2.53. The van der Waals surface area contributed by atoms with Crippen LogP contribution in [0, 0.1) is 11.7 Å². The van der Waals surface area contributed by atoms with E-state index >= 15 is 0 Å². The number of urea groups is 1. The lowest BCUT2D eigenvalue weighted by molar-refractivity contribution is -0.135. The largest absolute Gasteiger partial charge is 0.351 e. The quantitative estimate of drug-likeness (QED) is 0.506. The summed E-state index contributed by atoms with van der Waals surface area (Å²) in [5.74, 6) is -4.19. The van der Waals surface area contributed by atoms with Crippen molar-refractivity contribution in [1.29, 1.82) is 0 Å². The van der Waals surface area contributed by atoms with E-state index in [4.69, 9.17) is 5.73 Å². The maximum absolute atomic E-state index is 13.1. The zero-order valence-corrected chi connectivity index (χ0v) is 19.3. The number of amides is 5. The number of imide groups is 3. The Labute approximate surface area is 204 Å². The van der Waals surface area contributed by atoms with Gasteiger partial charge < -0.3 is 11.1 Å². The summed E-state index contributed by atoms with van der Waals surface area (Å²) in [5.41, 5.74) is 6.23. The number of aromatic nitrogens is 2. The number of rotatable bonds is 4. The summed E-state index contributed by atoms with van der Waals surface area (Å²) >= 11 is 1.82. The smallest absolute Gasteiger partial charge is 0.328 e. The van der Waals surface area contributed by atoms with Gasteiger partial charge in [0.15, 0.2) is 0 Å². The fraction of sp³-hybridized carbons (Fsp3) is 0.182. The van der Waals surface area contributed by atoms with Crippen LogP contribution in [0.2, 0.25) is 0 Å². The molecule has 1 saturated heterocycles. The summed E-state index contributed by atoms with van der Waals surface area (Å²) in [4.78, 5) is 68.1. The molecule has 1 fully saturated rings. The zero-order chi connectivity index (χ0) is 24.9. The molecule has 0 bridgehead atoms.